The first kappa shape index (κ1) is 27.2. The summed E-state index contributed by atoms with van der Waals surface area (Å²) in [6.45, 7) is 2.43. The fourth-order valence-corrected chi connectivity index (χ4v) is 9.77. The number of rotatable bonds is 2. The van der Waals surface area contributed by atoms with Crippen LogP contribution in [0, 0.1) is 0 Å². The predicted octanol–water partition coefficient (Wildman–Crippen LogP) is 12.9. The Labute approximate surface area is 288 Å². The third kappa shape index (κ3) is 3.67. The van der Waals surface area contributed by atoms with Gasteiger partial charge in [0.2, 0.25) is 0 Å². The van der Waals surface area contributed by atoms with E-state index in [1.165, 1.54) is 87.4 Å². The summed E-state index contributed by atoms with van der Waals surface area (Å²) in [5.74, 6) is 0. The van der Waals surface area contributed by atoms with Gasteiger partial charge < -0.3 is 0 Å². The molecule has 0 saturated carbocycles. The number of hydrogen-bond acceptors (Lipinski definition) is 2. The molecule has 0 radical (unpaired) electrons. The maximum Gasteiger partial charge on any atom is 0.124 e. The predicted molar refractivity (Wildman–Crippen MR) is 207 cm³/mol. The number of aromatic nitrogens is 1. The largest absolute Gasteiger partial charge is 0.236 e. The molecule has 1 aromatic heterocycles. The van der Waals surface area contributed by atoms with Crippen molar-refractivity contribution in [1.82, 2.24) is 4.98 Å². The van der Waals surface area contributed by atoms with Gasteiger partial charge in [0, 0.05) is 11.0 Å². The lowest BCUT2D eigenvalue weighted by molar-refractivity contribution is 0.715. The summed E-state index contributed by atoms with van der Waals surface area (Å²) in [4.78, 5) is 4.96. The molecule has 8 aromatic carbocycles. The van der Waals surface area contributed by atoms with E-state index in [1.54, 1.807) is 11.3 Å². The van der Waals surface area contributed by atoms with Gasteiger partial charge >= 0.3 is 0 Å². The molecule has 2 aliphatic carbocycles. The molecule has 4 bridgehead atoms. The molecule has 228 valence electrons. The first-order valence-electron chi connectivity index (χ1n) is 17.0. The molecule has 2 heteroatoms. The highest BCUT2D eigenvalue weighted by Gasteiger charge is 2.42. The van der Waals surface area contributed by atoms with Crippen molar-refractivity contribution in [2.24, 2.45) is 0 Å². The second kappa shape index (κ2) is 9.85. The highest BCUT2D eigenvalue weighted by molar-refractivity contribution is 7.21. The first-order chi connectivity index (χ1) is 24.2. The van der Waals surface area contributed by atoms with Crippen molar-refractivity contribution in [2.75, 3.05) is 0 Å². The standard InChI is InChI=1S/C47H29NS/c1-47-31-12-10-11-30(25-31)32-13-2-3-15-34(32)45-36-17-5-4-16-35(36)44(38-26-37(41(47)27-39(38)45)33-14-6-7-18-40(33)47)28-21-23-29(24-22-28)46-48-42-19-8-9-20-43(42)49-46/h2-27H,1H3. The van der Waals surface area contributed by atoms with Crippen molar-refractivity contribution in [1.29, 1.82) is 0 Å². The number of para-hydroxylation sites is 1. The van der Waals surface area contributed by atoms with E-state index in [1.807, 2.05) is 0 Å². The van der Waals surface area contributed by atoms with Gasteiger partial charge in [0.15, 0.2) is 0 Å². The van der Waals surface area contributed by atoms with Crippen LogP contribution in [0.1, 0.15) is 23.6 Å². The molecule has 9 aromatic rings. The minimum atomic E-state index is -0.273. The Kier molecular flexibility index (Phi) is 5.46. The molecule has 0 fully saturated rings. The van der Waals surface area contributed by atoms with Gasteiger partial charge in [-0.25, -0.2) is 4.98 Å². The highest BCUT2D eigenvalue weighted by Crippen LogP contribution is 2.57. The Hall–Kier alpha value is -5.83. The zero-order valence-electron chi connectivity index (χ0n) is 26.9. The molecule has 49 heavy (non-hydrogen) atoms. The van der Waals surface area contributed by atoms with E-state index in [0.717, 1.165) is 16.1 Å². The summed E-state index contributed by atoms with van der Waals surface area (Å²) < 4.78 is 1.22. The average molecular weight is 640 g/mol. The van der Waals surface area contributed by atoms with Crippen LogP contribution >= 0.6 is 11.3 Å². The van der Waals surface area contributed by atoms with Gasteiger partial charge in [-0.05, 0) is 120 Å². The molecule has 11 rings (SSSR count). The normalized spacial score (nSPS) is 15.5. The molecular formula is C47H29NS. The van der Waals surface area contributed by atoms with Gasteiger partial charge in [-0.15, -0.1) is 11.3 Å². The van der Waals surface area contributed by atoms with E-state index in [0.29, 0.717) is 0 Å². The third-order valence-corrected chi connectivity index (χ3v) is 12.2. The van der Waals surface area contributed by atoms with E-state index in [2.05, 4.69) is 165 Å². The van der Waals surface area contributed by atoms with Crippen LogP contribution in [-0.2, 0) is 5.41 Å². The minimum Gasteiger partial charge on any atom is -0.236 e. The van der Waals surface area contributed by atoms with Crippen molar-refractivity contribution in [3.05, 3.63) is 174 Å². The van der Waals surface area contributed by atoms with Crippen LogP contribution in [0.3, 0.4) is 0 Å². The lowest BCUT2D eigenvalue weighted by atomic mass is 9.72. The maximum atomic E-state index is 4.96. The molecule has 0 aliphatic heterocycles. The van der Waals surface area contributed by atoms with Gasteiger partial charge in [0.25, 0.3) is 0 Å². The zero-order chi connectivity index (χ0) is 32.3. The summed E-state index contributed by atoms with van der Waals surface area (Å²) >= 11 is 1.75. The molecule has 1 atom stereocenters. The van der Waals surface area contributed by atoms with Crippen LogP contribution in [0.25, 0.3) is 86.8 Å². The Morgan fingerprint density at radius 3 is 1.96 bits per heavy atom. The SMILES string of the molecule is CC12c3cccc(c3)-c3ccccc3-c3c4ccccc4c(-c4ccc(-c5nc6ccccc6s5)cc4)c4cc(c1cc34)-c1ccccc12. The number of hydrogen-bond donors (Lipinski definition) is 0. The molecule has 1 heterocycles. The molecule has 2 aliphatic rings. The number of nitrogens with zero attached hydrogens (tertiary/aromatic N) is 1. The van der Waals surface area contributed by atoms with Crippen LogP contribution in [0.5, 0.6) is 0 Å². The van der Waals surface area contributed by atoms with Gasteiger partial charge in [-0.3, -0.25) is 0 Å². The van der Waals surface area contributed by atoms with E-state index in [4.69, 9.17) is 4.98 Å². The molecule has 1 unspecified atom stereocenters. The van der Waals surface area contributed by atoms with Crippen molar-refractivity contribution in [3.63, 3.8) is 0 Å². The van der Waals surface area contributed by atoms with E-state index in [-0.39, 0.29) is 5.41 Å². The zero-order valence-corrected chi connectivity index (χ0v) is 27.7. The van der Waals surface area contributed by atoms with Gasteiger partial charge in [-0.2, -0.15) is 0 Å². The first-order valence-corrected chi connectivity index (χ1v) is 17.8. The van der Waals surface area contributed by atoms with Gasteiger partial charge in [0.05, 0.1) is 10.2 Å². The lowest BCUT2D eigenvalue weighted by Gasteiger charge is -2.30. The summed E-state index contributed by atoms with van der Waals surface area (Å²) in [5.41, 5.74) is 16.3. The van der Waals surface area contributed by atoms with Crippen LogP contribution < -0.4 is 0 Å². The van der Waals surface area contributed by atoms with E-state index >= 15 is 0 Å². The van der Waals surface area contributed by atoms with Gasteiger partial charge in [0.1, 0.15) is 5.01 Å². The Balaban J connectivity index is 1.27. The molecule has 0 amide bonds. The second-order valence-electron chi connectivity index (χ2n) is 13.6. The van der Waals surface area contributed by atoms with Crippen molar-refractivity contribution in [3.8, 4) is 55.1 Å². The molecule has 1 nitrogen and oxygen atoms in total. The Bertz CT molecular complexity index is 2810. The number of benzene rings is 8. The van der Waals surface area contributed by atoms with Crippen LogP contribution in [0.2, 0.25) is 0 Å². The summed E-state index contributed by atoms with van der Waals surface area (Å²) in [7, 11) is 0. The average Bonchev–Trinajstić information content (AvgIpc) is 3.71. The van der Waals surface area contributed by atoms with Crippen molar-refractivity contribution >= 4 is 43.1 Å². The highest BCUT2D eigenvalue weighted by atomic mass is 32.1. The van der Waals surface area contributed by atoms with Crippen LogP contribution in [-0.4, -0.2) is 4.98 Å². The second-order valence-corrected chi connectivity index (χ2v) is 14.6. The number of fused-ring (bicyclic) bond motifs is 12. The van der Waals surface area contributed by atoms with E-state index in [9.17, 15) is 0 Å². The van der Waals surface area contributed by atoms with Crippen LogP contribution in [0.4, 0.5) is 0 Å². The molecular weight excluding hydrogens is 611 g/mol. The summed E-state index contributed by atoms with van der Waals surface area (Å²) in [6, 6.07) is 58.9. The maximum absolute atomic E-state index is 4.96. The summed E-state index contributed by atoms with van der Waals surface area (Å²) in [5, 5.41) is 6.20. The quantitative estimate of drug-likeness (QED) is 0.172. The molecule has 0 N–H and O–H groups in total. The smallest absolute Gasteiger partial charge is 0.124 e. The lowest BCUT2D eigenvalue weighted by Crippen LogP contribution is -2.22. The fraction of sp³-hybridized carbons (Fsp3) is 0.0426. The minimum absolute atomic E-state index is 0.273. The van der Waals surface area contributed by atoms with Gasteiger partial charge in [-0.1, -0.05) is 127 Å². The van der Waals surface area contributed by atoms with E-state index < -0.39 is 0 Å². The molecule has 0 spiro atoms. The van der Waals surface area contributed by atoms with Crippen LogP contribution in [0.15, 0.2) is 158 Å². The van der Waals surface area contributed by atoms with Crippen molar-refractivity contribution < 1.29 is 0 Å². The van der Waals surface area contributed by atoms with Crippen molar-refractivity contribution in [2.45, 2.75) is 12.3 Å². The third-order valence-electron chi connectivity index (χ3n) is 11.1. The topological polar surface area (TPSA) is 12.9 Å². The molecule has 0 saturated heterocycles. The summed E-state index contributed by atoms with van der Waals surface area (Å²) in [6.07, 6.45) is 0. The Morgan fingerprint density at radius 2 is 1.12 bits per heavy atom. The number of thiazole rings is 1. The Morgan fingerprint density at radius 1 is 0.449 bits per heavy atom. The monoisotopic (exact) mass is 639 g/mol. The fourth-order valence-electron chi connectivity index (χ4n) is 8.80.